The normalized spacial score (nSPS) is 11.5. The van der Waals surface area contributed by atoms with E-state index in [1.165, 1.54) is 5.56 Å². The lowest BCUT2D eigenvalue weighted by Crippen LogP contribution is -2.20. The number of aromatic nitrogens is 5. The Kier molecular flexibility index (Phi) is 4.84. The average molecular weight is 461 g/mol. The summed E-state index contributed by atoms with van der Waals surface area (Å²) in [4.78, 5) is 17.5. The number of benzene rings is 3. The maximum Gasteiger partial charge on any atom is 0.246 e. The molecule has 3 heterocycles. The summed E-state index contributed by atoms with van der Waals surface area (Å²) in [6.45, 7) is 6.10. The van der Waals surface area contributed by atoms with Crippen LogP contribution in [0.1, 0.15) is 17.0 Å². The van der Waals surface area contributed by atoms with Gasteiger partial charge in [-0.1, -0.05) is 54.1 Å². The van der Waals surface area contributed by atoms with Gasteiger partial charge in [0.2, 0.25) is 5.91 Å². The van der Waals surface area contributed by atoms with Gasteiger partial charge in [0.15, 0.2) is 5.65 Å². The number of rotatable bonds is 4. The molecule has 0 fully saturated rings. The van der Waals surface area contributed by atoms with Crippen LogP contribution in [0.2, 0.25) is 0 Å². The van der Waals surface area contributed by atoms with Crippen molar-refractivity contribution < 1.29 is 4.79 Å². The van der Waals surface area contributed by atoms with E-state index in [0.717, 1.165) is 50.1 Å². The Morgan fingerprint density at radius 1 is 0.886 bits per heavy atom. The predicted molar refractivity (Wildman–Crippen MR) is 139 cm³/mol. The largest absolute Gasteiger partial charge is 0.324 e. The summed E-state index contributed by atoms with van der Waals surface area (Å²) >= 11 is 0. The average Bonchev–Trinajstić information content (AvgIpc) is 3.37. The second-order valence-corrected chi connectivity index (χ2v) is 8.94. The third-order valence-electron chi connectivity index (χ3n) is 6.26. The van der Waals surface area contributed by atoms with Gasteiger partial charge in [0.05, 0.1) is 22.4 Å². The Labute approximate surface area is 202 Å². The summed E-state index contributed by atoms with van der Waals surface area (Å²) < 4.78 is 3.60. The molecule has 172 valence electrons. The van der Waals surface area contributed by atoms with Crippen LogP contribution in [-0.4, -0.2) is 30.3 Å². The number of imidazole rings is 1. The molecule has 3 aromatic carbocycles. The molecular weight excluding hydrogens is 436 g/mol. The van der Waals surface area contributed by atoms with E-state index in [0.29, 0.717) is 5.69 Å². The van der Waals surface area contributed by atoms with Crippen molar-refractivity contribution in [3.8, 4) is 11.3 Å². The Morgan fingerprint density at radius 2 is 1.66 bits per heavy atom. The van der Waals surface area contributed by atoms with E-state index in [9.17, 15) is 4.79 Å². The second kappa shape index (κ2) is 8.06. The van der Waals surface area contributed by atoms with Gasteiger partial charge in [0.25, 0.3) is 0 Å². The van der Waals surface area contributed by atoms with Gasteiger partial charge in [0.1, 0.15) is 6.54 Å². The minimum absolute atomic E-state index is 0.135. The van der Waals surface area contributed by atoms with Crippen LogP contribution in [-0.2, 0) is 11.3 Å². The molecule has 0 saturated carbocycles. The van der Waals surface area contributed by atoms with E-state index >= 15 is 0 Å². The number of amides is 1. The number of aryl methyl sites for hydroxylation is 3. The van der Waals surface area contributed by atoms with Crippen LogP contribution in [0.5, 0.6) is 0 Å². The summed E-state index contributed by atoms with van der Waals surface area (Å²) in [5, 5.41) is 14.4. The highest BCUT2D eigenvalue weighted by Crippen LogP contribution is 2.31. The number of anilines is 1. The molecule has 35 heavy (non-hydrogen) atoms. The molecule has 0 spiro atoms. The number of fused-ring (bicyclic) bond motifs is 5. The Bertz CT molecular complexity index is 1740. The molecule has 6 rings (SSSR count). The molecule has 0 radical (unpaired) electrons. The number of carbonyl (C=O) groups is 1. The monoisotopic (exact) mass is 460 g/mol. The molecule has 6 aromatic rings. The van der Waals surface area contributed by atoms with Crippen molar-refractivity contribution >= 4 is 39.0 Å². The SMILES string of the molecule is Cc1ccc(-c2nn3c4ccc(NC(=O)Cn5nc(C)cc5C)cc4nc3c3ccccc23)cc1. The van der Waals surface area contributed by atoms with Crippen molar-refractivity contribution in [2.24, 2.45) is 0 Å². The first-order valence-electron chi connectivity index (χ1n) is 11.6. The van der Waals surface area contributed by atoms with Gasteiger partial charge >= 0.3 is 0 Å². The minimum Gasteiger partial charge on any atom is -0.324 e. The Hall–Kier alpha value is -4.52. The van der Waals surface area contributed by atoms with Gasteiger partial charge in [-0.2, -0.15) is 10.2 Å². The molecule has 0 aliphatic rings. The highest BCUT2D eigenvalue weighted by molar-refractivity contribution is 6.04. The number of nitrogens with one attached hydrogen (secondary N) is 1. The molecule has 0 aliphatic heterocycles. The fourth-order valence-corrected chi connectivity index (χ4v) is 4.56. The van der Waals surface area contributed by atoms with E-state index < -0.39 is 0 Å². The zero-order valence-electron chi connectivity index (χ0n) is 19.8. The first-order chi connectivity index (χ1) is 17.0. The predicted octanol–water partition coefficient (Wildman–Crippen LogP) is 5.46. The van der Waals surface area contributed by atoms with E-state index in [4.69, 9.17) is 10.1 Å². The van der Waals surface area contributed by atoms with Crippen molar-refractivity contribution in [1.29, 1.82) is 0 Å². The minimum atomic E-state index is -0.135. The van der Waals surface area contributed by atoms with Gasteiger partial charge in [-0.3, -0.25) is 9.48 Å². The second-order valence-electron chi connectivity index (χ2n) is 8.94. The van der Waals surface area contributed by atoms with Crippen LogP contribution >= 0.6 is 0 Å². The summed E-state index contributed by atoms with van der Waals surface area (Å²) in [6.07, 6.45) is 0. The van der Waals surface area contributed by atoms with Crippen molar-refractivity contribution in [1.82, 2.24) is 24.4 Å². The standard InChI is InChI=1S/C28H24N6O/c1-17-8-10-20(11-9-17)27-22-6-4-5-7-23(22)28-30-24-15-21(12-13-25(24)34(28)32-27)29-26(35)16-33-19(3)14-18(2)31-33/h4-15H,16H2,1-3H3,(H,29,35). The van der Waals surface area contributed by atoms with E-state index in [-0.39, 0.29) is 12.5 Å². The van der Waals surface area contributed by atoms with E-state index in [1.807, 2.05) is 54.8 Å². The smallest absolute Gasteiger partial charge is 0.246 e. The molecular formula is C28H24N6O. The number of hydrogen-bond donors (Lipinski definition) is 1. The molecule has 3 aromatic heterocycles. The first kappa shape index (κ1) is 21.0. The molecule has 7 heteroatoms. The van der Waals surface area contributed by atoms with Crippen LogP contribution in [0.15, 0.2) is 72.8 Å². The van der Waals surface area contributed by atoms with Crippen LogP contribution < -0.4 is 5.32 Å². The number of hydrogen-bond acceptors (Lipinski definition) is 4. The maximum atomic E-state index is 12.6. The van der Waals surface area contributed by atoms with Gasteiger partial charge in [-0.25, -0.2) is 9.50 Å². The molecule has 0 atom stereocenters. The summed E-state index contributed by atoms with van der Waals surface area (Å²) in [5.41, 5.74) is 8.16. The van der Waals surface area contributed by atoms with Crippen LogP contribution in [0.3, 0.4) is 0 Å². The Balaban J connectivity index is 1.42. The highest BCUT2D eigenvalue weighted by Gasteiger charge is 2.15. The Morgan fingerprint density at radius 3 is 2.40 bits per heavy atom. The zero-order chi connectivity index (χ0) is 24.1. The highest BCUT2D eigenvalue weighted by atomic mass is 16.2. The molecule has 0 saturated heterocycles. The lowest BCUT2D eigenvalue weighted by Gasteiger charge is -2.09. The molecule has 1 amide bonds. The van der Waals surface area contributed by atoms with Crippen molar-refractivity contribution in [3.63, 3.8) is 0 Å². The summed E-state index contributed by atoms with van der Waals surface area (Å²) in [7, 11) is 0. The molecule has 0 aliphatic carbocycles. The van der Waals surface area contributed by atoms with Crippen LogP contribution in [0.4, 0.5) is 5.69 Å². The molecule has 0 unspecified atom stereocenters. The van der Waals surface area contributed by atoms with Crippen molar-refractivity contribution in [2.45, 2.75) is 27.3 Å². The molecule has 1 N–H and O–H groups in total. The van der Waals surface area contributed by atoms with Gasteiger partial charge < -0.3 is 5.32 Å². The topological polar surface area (TPSA) is 77.1 Å². The van der Waals surface area contributed by atoms with Crippen LogP contribution in [0, 0.1) is 20.8 Å². The van der Waals surface area contributed by atoms with E-state index in [1.54, 1.807) is 4.68 Å². The van der Waals surface area contributed by atoms with Gasteiger partial charge in [-0.15, -0.1) is 0 Å². The molecule has 0 bridgehead atoms. The number of carbonyl (C=O) groups excluding carboxylic acids is 1. The zero-order valence-corrected chi connectivity index (χ0v) is 19.8. The number of nitrogens with zero attached hydrogens (tertiary/aromatic N) is 5. The third kappa shape index (κ3) is 3.71. The van der Waals surface area contributed by atoms with E-state index in [2.05, 4.69) is 53.7 Å². The third-order valence-corrected chi connectivity index (χ3v) is 6.26. The first-order valence-corrected chi connectivity index (χ1v) is 11.6. The maximum absolute atomic E-state index is 12.6. The quantitative estimate of drug-likeness (QED) is 0.379. The molecule has 7 nitrogen and oxygen atoms in total. The van der Waals surface area contributed by atoms with Crippen LogP contribution in [0.25, 0.3) is 38.7 Å². The summed E-state index contributed by atoms with van der Waals surface area (Å²) in [6, 6.07) is 24.3. The lowest BCUT2D eigenvalue weighted by atomic mass is 10.0. The van der Waals surface area contributed by atoms with Gasteiger partial charge in [0, 0.05) is 27.7 Å². The fraction of sp³-hybridized carbons (Fsp3) is 0.143. The fourth-order valence-electron chi connectivity index (χ4n) is 4.56. The lowest BCUT2D eigenvalue weighted by molar-refractivity contribution is -0.116. The van der Waals surface area contributed by atoms with Gasteiger partial charge in [-0.05, 0) is 45.0 Å². The van der Waals surface area contributed by atoms with Crippen molar-refractivity contribution in [2.75, 3.05) is 5.32 Å². The summed E-state index contributed by atoms with van der Waals surface area (Å²) in [5.74, 6) is -0.135. The van der Waals surface area contributed by atoms with Crippen molar-refractivity contribution in [3.05, 3.63) is 89.7 Å².